The van der Waals surface area contributed by atoms with Crippen molar-refractivity contribution in [3.05, 3.63) is 24.3 Å². The van der Waals surface area contributed by atoms with Crippen LogP contribution in [0.1, 0.15) is 6.42 Å². The van der Waals surface area contributed by atoms with Gasteiger partial charge in [-0.05, 0) is 24.3 Å². The van der Waals surface area contributed by atoms with Crippen molar-refractivity contribution in [3.63, 3.8) is 0 Å². The third-order valence-electron chi connectivity index (χ3n) is 2.66. The Kier molecular flexibility index (Phi) is 4.99. The third-order valence-corrected chi connectivity index (χ3v) is 3.75. The summed E-state index contributed by atoms with van der Waals surface area (Å²) >= 11 is 1.10. The highest BCUT2D eigenvalue weighted by molar-refractivity contribution is 8.15. The summed E-state index contributed by atoms with van der Waals surface area (Å²) in [5, 5.41) is 22.1. The number of nitrogens with zero attached hydrogens (tertiary/aromatic N) is 1. The van der Waals surface area contributed by atoms with Gasteiger partial charge in [-0.2, -0.15) is 0 Å². The first-order chi connectivity index (χ1) is 10.4. The van der Waals surface area contributed by atoms with Crippen LogP contribution in [0.15, 0.2) is 29.3 Å². The van der Waals surface area contributed by atoms with Crippen molar-refractivity contribution in [3.8, 4) is 5.75 Å². The predicted molar refractivity (Wildman–Crippen MR) is 80.0 cm³/mol. The fraction of sp³-hybridized carbons (Fsp3) is 0.231. The first kappa shape index (κ1) is 15.8. The molecule has 0 spiro atoms. The zero-order chi connectivity index (χ0) is 16.1. The van der Waals surface area contributed by atoms with Gasteiger partial charge in [0.1, 0.15) is 17.5 Å². The topological polar surface area (TPSA) is 128 Å². The molecule has 2 rings (SSSR count). The number of hydrogen-bond donors (Lipinski definition) is 4. The Morgan fingerprint density at radius 1 is 1.32 bits per heavy atom. The second-order valence-corrected chi connectivity index (χ2v) is 5.60. The second kappa shape index (κ2) is 6.94. The molecule has 1 fully saturated rings. The van der Waals surface area contributed by atoms with E-state index < -0.39 is 23.7 Å². The van der Waals surface area contributed by atoms with Gasteiger partial charge in [0.25, 0.3) is 0 Å². The highest BCUT2D eigenvalue weighted by atomic mass is 32.2. The van der Waals surface area contributed by atoms with Crippen LogP contribution in [0, 0.1) is 0 Å². The standard InChI is InChI=1S/C13H13N3O5S/c17-8-3-1-7(2-4-8)15-13-16-12(21)9(22-13)5-10(18)14-6-11(19)20/h1-4,9,17H,5-6H2,(H,14,18)(H,19,20)(H,15,16,21). The Hall–Kier alpha value is -2.55. The number of phenols is 1. The predicted octanol–water partition coefficient (Wildman–Crippen LogP) is 0.202. The van der Waals surface area contributed by atoms with Crippen molar-refractivity contribution < 1.29 is 24.6 Å². The maximum Gasteiger partial charge on any atom is 0.322 e. The van der Waals surface area contributed by atoms with Crippen molar-refractivity contribution in [1.82, 2.24) is 10.6 Å². The molecule has 4 N–H and O–H groups in total. The van der Waals surface area contributed by atoms with Gasteiger partial charge in [-0.3, -0.25) is 14.4 Å². The minimum atomic E-state index is -1.15. The van der Waals surface area contributed by atoms with Crippen molar-refractivity contribution in [2.24, 2.45) is 4.99 Å². The van der Waals surface area contributed by atoms with E-state index in [1.165, 1.54) is 12.1 Å². The zero-order valence-electron chi connectivity index (χ0n) is 11.3. The highest BCUT2D eigenvalue weighted by Gasteiger charge is 2.32. The molecule has 1 atom stereocenters. The Bertz CT molecular complexity index is 629. The molecule has 1 aliphatic rings. The lowest BCUT2D eigenvalue weighted by Crippen LogP contribution is -2.33. The van der Waals surface area contributed by atoms with Gasteiger partial charge in [-0.25, -0.2) is 4.99 Å². The molecule has 2 amide bonds. The molecule has 0 bridgehead atoms. The van der Waals surface area contributed by atoms with Crippen LogP contribution in [0.2, 0.25) is 0 Å². The average Bonchev–Trinajstić information content (AvgIpc) is 2.79. The highest BCUT2D eigenvalue weighted by Crippen LogP contribution is 2.25. The van der Waals surface area contributed by atoms with E-state index in [2.05, 4.69) is 15.6 Å². The van der Waals surface area contributed by atoms with Crippen molar-refractivity contribution in [2.45, 2.75) is 11.7 Å². The number of hydrogen-bond acceptors (Lipinski definition) is 6. The summed E-state index contributed by atoms with van der Waals surface area (Å²) in [6.07, 6.45) is -0.127. The molecule has 22 heavy (non-hydrogen) atoms. The molecular weight excluding hydrogens is 310 g/mol. The number of carboxylic acids is 1. The van der Waals surface area contributed by atoms with Crippen molar-refractivity contribution >= 4 is 40.4 Å². The van der Waals surface area contributed by atoms with E-state index in [0.717, 1.165) is 11.8 Å². The molecule has 1 aromatic carbocycles. The number of aliphatic imine (C=N–C) groups is 1. The molecule has 1 saturated heterocycles. The van der Waals surface area contributed by atoms with Gasteiger partial charge in [0, 0.05) is 6.42 Å². The Labute approximate surface area is 129 Å². The number of amides is 2. The molecule has 1 aromatic rings. The van der Waals surface area contributed by atoms with Gasteiger partial charge in [0.2, 0.25) is 11.8 Å². The Morgan fingerprint density at radius 2 is 2.00 bits per heavy atom. The molecule has 9 heteroatoms. The number of amidine groups is 1. The second-order valence-electron chi connectivity index (χ2n) is 4.40. The number of carbonyl (C=O) groups excluding carboxylic acids is 2. The molecule has 0 aromatic heterocycles. The lowest BCUT2D eigenvalue weighted by atomic mass is 10.2. The van der Waals surface area contributed by atoms with Crippen LogP contribution in [0.4, 0.5) is 5.69 Å². The van der Waals surface area contributed by atoms with Crippen LogP contribution in [-0.2, 0) is 14.4 Å². The molecule has 116 valence electrons. The number of benzene rings is 1. The molecule has 0 aliphatic carbocycles. The number of phenolic OH excluding ortho intramolecular Hbond substituents is 1. The van der Waals surface area contributed by atoms with E-state index in [1.807, 2.05) is 0 Å². The summed E-state index contributed by atoms with van der Waals surface area (Å²) in [6, 6.07) is 6.11. The third kappa shape index (κ3) is 4.48. The SMILES string of the molecule is O=C(O)CNC(=O)CC1SC(=Nc2ccc(O)cc2)NC1=O. The zero-order valence-corrected chi connectivity index (χ0v) is 12.1. The quantitative estimate of drug-likeness (QED) is 0.613. The van der Waals surface area contributed by atoms with Crippen molar-refractivity contribution in [2.75, 3.05) is 6.54 Å². The monoisotopic (exact) mass is 323 g/mol. The van der Waals surface area contributed by atoms with Crippen LogP contribution in [0.25, 0.3) is 0 Å². The fourth-order valence-electron chi connectivity index (χ4n) is 1.65. The lowest BCUT2D eigenvalue weighted by molar-refractivity contribution is -0.137. The summed E-state index contributed by atoms with van der Waals surface area (Å²) < 4.78 is 0. The minimum absolute atomic E-state index is 0.111. The number of carboxylic acid groups (broad SMARTS) is 1. The number of aliphatic carboxylic acids is 1. The number of carbonyl (C=O) groups is 3. The Balaban J connectivity index is 1.94. The fourth-order valence-corrected chi connectivity index (χ4v) is 2.64. The maximum atomic E-state index is 11.8. The van der Waals surface area contributed by atoms with Crippen LogP contribution >= 0.6 is 11.8 Å². The number of thioether (sulfide) groups is 1. The molecule has 0 radical (unpaired) electrons. The van der Waals surface area contributed by atoms with Gasteiger partial charge in [0.15, 0.2) is 5.17 Å². The summed E-state index contributed by atoms with van der Waals surface area (Å²) in [5.41, 5.74) is 0.552. The molecule has 1 unspecified atom stereocenters. The average molecular weight is 323 g/mol. The van der Waals surface area contributed by atoms with Crippen molar-refractivity contribution in [1.29, 1.82) is 0 Å². The summed E-state index contributed by atoms with van der Waals surface area (Å²) in [7, 11) is 0. The van der Waals surface area contributed by atoms with Gasteiger partial charge < -0.3 is 20.8 Å². The summed E-state index contributed by atoms with van der Waals surface area (Å²) in [4.78, 5) is 37.8. The largest absolute Gasteiger partial charge is 0.508 e. The van der Waals surface area contributed by atoms with E-state index in [0.29, 0.717) is 10.9 Å². The van der Waals surface area contributed by atoms with Crippen LogP contribution < -0.4 is 10.6 Å². The first-order valence-electron chi connectivity index (χ1n) is 6.28. The van der Waals surface area contributed by atoms with E-state index in [1.54, 1.807) is 12.1 Å². The first-order valence-corrected chi connectivity index (χ1v) is 7.16. The molecule has 0 saturated carbocycles. The van der Waals surface area contributed by atoms with Crippen LogP contribution in [0.5, 0.6) is 5.75 Å². The number of aromatic hydroxyl groups is 1. The molecule has 8 nitrogen and oxygen atoms in total. The van der Waals surface area contributed by atoms with E-state index in [-0.39, 0.29) is 18.1 Å². The Morgan fingerprint density at radius 3 is 2.64 bits per heavy atom. The molecule has 1 heterocycles. The minimum Gasteiger partial charge on any atom is -0.508 e. The van der Waals surface area contributed by atoms with E-state index in [9.17, 15) is 19.5 Å². The number of rotatable bonds is 5. The molecular formula is C13H13N3O5S. The van der Waals surface area contributed by atoms with Gasteiger partial charge in [0.05, 0.1) is 5.69 Å². The normalized spacial score (nSPS) is 19.0. The smallest absolute Gasteiger partial charge is 0.322 e. The summed E-state index contributed by atoms with van der Waals surface area (Å²) in [6.45, 7) is -0.480. The lowest BCUT2D eigenvalue weighted by Gasteiger charge is -2.04. The van der Waals surface area contributed by atoms with Gasteiger partial charge in [-0.15, -0.1) is 0 Å². The van der Waals surface area contributed by atoms with Gasteiger partial charge in [-0.1, -0.05) is 11.8 Å². The van der Waals surface area contributed by atoms with Gasteiger partial charge >= 0.3 is 5.97 Å². The molecule has 1 aliphatic heterocycles. The van der Waals surface area contributed by atoms with Crippen LogP contribution in [0.3, 0.4) is 0 Å². The maximum absolute atomic E-state index is 11.8. The van der Waals surface area contributed by atoms with E-state index >= 15 is 0 Å². The number of nitrogens with one attached hydrogen (secondary N) is 2. The summed E-state index contributed by atoms with van der Waals surface area (Å²) in [5.74, 6) is -1.90. The van der Waals surface area contributed by atoms with Crippen LogP contribution in [-0.4, -0.2) is 45.0 Å². The van der Waals surface area contributed by atoms with E-state index in [4.69, 9.17) is 5.11 Å².